The summed E-state index contributed by atoms with van der Waals surface area (Å²) >= 11 is 1.27. The minimum atomic E-state index is -0.540. The number of hydrogen-bond donors (Lipinski definition) is 3. The van der Waals surface area contributed by atoms with Crippen molar-refractivity contribution >= 4 is 22.4 Å². The van der Waals surface area contributed by atoms with Gasteiger partial charge in [-0.1, -0.05) is 18.3 Å². The van der Waals surface area contributed by atoms with E-state index in [1.165, 1.54) is 29.5 Å². The first-order valence-corrected chi connectivity index (χ1v) is 6.07. The van der Waals surface area contributed by atoms with Gasteiger partial charge in [-0.05, 0) is 24.6 Å². The molecule has 2 rings (SSSR count). The lowest BCUT2D eigenvalue weighted by molar-refractivity contribution is 0.102. The number of amides is 1. The number of hydrogen-bond acceptors (Lipinski definition) is 6. The number of anilines is 1. The third kappa shape index (κ3) is 2.57. The Morgan fingerprint density at radius 3 is 2.83 bits per heavy atom. The Kier molecular flexibility index (Phi) is 3.42. The molecule has 7 heteroatoms. The fourth-order valence-electron chi connectivity index (χ4n) is 1.32. The molecular formula is C11H11N3O3S. The summed E-state index contributed by atoms with van der Waals surface area (Å²) in [7, 11) is 0. The summed E-state index contributed by atoms with van der Waals surface area (Å²) in [6, 6.07) is 3.74. The van der Waals surface area contributed by atoms with Crippen molar-refractivity contribution in [3.63, 3.8) is 0 Å². The molecule has 0 saturated carbocycles. The molecule has 1 heterocycles. The van der Waals surface area contributed by atoms with Crippen molar-refractivity contribution in [1.82, 2.24) is 10.2 Å². The van der Waals surface area contributed by atoms with Gasteiger partial charge in [0.2, 0.25) is 5.13 Å². The average Bonchev–Trinajstić information content (AvgIpc) is 2.80. The summed E-state index contributed by atoms with van der Waals surface area (Å²) in [5.74, 6) is -0.836. The predicted octanol–water partition coefficient (Wildman–Crippen LogP) is 1.76. The van der Waals surface area contributed by atoms with Crippen LogP contribution in [0.15, 0.2) is 18.2 Å². The van der Waals surface area contributed by atoms with Gasteiger partial charge in [-0.25, -0.2) is 0 Å². The van der Waals surface area contributed by atoms with Crippen LogP contribution in [0.1, 0.15) is 22.3 Å². The van der Waals surface area contributed by atoms with Crippen LogP contribution in [-0.4, -0.2) is 26.3 Å². The summed E-state index contributed by atoms with van der Waals surface area (Å²) in [4.78, 5) is 11.8. The molecule has 0 saturated heterocycles. The number of carbonyl (C=O) groups excluding carboxylic acids is 1. The largest absolute Gasteiger partial charge is 0.508 e. The Labute approximate surface area is 107 Å². The van der Waals surface area contributed by atoms with Gasteiger partial charge in [0.05, 0.1) is 5.56 Å². The second kappa shape index (κ2) is 5.01. The number of phenolic OH excluding ortho intramolecular Hbond substituents is 2. The lowest BCUT2D eigenvalue weighted by Crippen LogP contribution is -2.11. The first kappa shape index (κ1) is 12.3. The Hall–Kier alpha value is -2.15. The number of nitrogens with one attached hydrogen (secondary N) is 1. The highest BCUT2D eigenvalue weighted by Crippen LogP contribution is 2.24. The van der Waals surface area contributed by atoms with Crippen molar-refractivity contribution < 1.29 is 15.0 Å². The first-order chi connectivity index (χ1) is 8.60. The molecule has 6 nitrogen and oxygen atoms in total. The van der Waals surface area contributed by atoms with E-state index in [2.05, 4.69) is 15.5 Å². The fourth-order valence-corrected chi connectivity index (χ4v) is 1.99. The summed E-state index contributed by atoms with van der Waals surface area (Å²) in [6.45, 7) is 1.94. The Morgan fingerprint density at radius 1 is 1.39 bits per heavy atom. The van der Waals surface area contributed by atoms with Gasteiger partial charge in [-0.3, -0.25) is 10.1 Å². The molecule has 18 heavy (non-hydrogen) atoms. The van der Waals surface area contributed by atoms with Crippen LogP contribution in [0, 0.1) is 0 Å². The van der Waals surface area contributed by atoms with E-state index in [9.17, 15) is 15.0 Å². The third-order valence-corrected chi connectivity index (χ3v) is 3.20. The molecular weight excluding hydrogens is 254 g/mol. The van der Waals surface area contributed by atoms with Crippen LogP contribution in [0.3, 0.4) is 0 Å². The second-order valence-corrected chi connectivity index (χ2v) is 4.57. The Balaban J connectivity index is 2.19. The zero-order valence-electron chi connectivity index (χ0n) is 9.54. The summed E-state index contributed by atoms with van der Waals surface area (Å²) < 4.78 is 0. The Morgan fingerprint density at radius 2 is 2.17 bits per heavy atom. The van der Waals surface area contributed by atoms with Crippen molar-refractivity contribution in [3.8, 4) is 11.5 Å². The molecule has 0 atom stereocenters. The van der Waals surface area contributed by atoms with Gasteiger partial charge < -0.3 is 10.2 Å². The maximum atomic E-state index is 11.8. The highest BCUT2D eigenvalue weighted by molar-refractivity contribution is 7.15. The first-order valence-electron chi connectivity index (χ1n) is 5.26. The maximum Gasteiger partial charge on any atom is 0.261 e. The van der Waals surface area contributed by atoms with E-state index in [0.29, 0.717) is 5.13 Å². The Bertz CT molecular complexity index is 583. The quantitative estimate of drug-likeness (QED) is 0.735. The van der Waals surface area contributed by atoms with E-state index < -0.39 is 5.91 Å². The molecule has 1 aromatic carbocycles. The molecule has 1 aromatic heterocycles. The third-order valence-electron chi connectivity index (χ3n) is 2.21. The number of rotatable bonds is 3. The SMILES string of the molecule is CCc1nnc(NC(=O)c2cc(O)ccc2O)s1. The zero-order valence-corrected chi connectivity index (χ0v) is 10.4. The minimum absolute atomic E-state index is 0.0109. The number of benzene rings is 1. The van der Waals surface area contributed by atoms with Crippen LogP contribution in [0.25, 0.3) is 0 Å². The van der Waals surface area contributed by atoms with Crippen LogP contribution >= 0.6 is 11.3 Å². The number of aryl methyl sites for hydroxylation is 1. The van der Waals surface area contributed by atoms with Gasteiger partial charge in [-0.2, -0.15) is 0 Å². The number of aromatic hydroxyl groups is 2. The smallest absolute Gasteiger partial charge is 0.261 e. The van der Waals surface area contributed by atoms with Gasteiger partial charge >= 0.3 is 0 Å². The van der Waals surface area contributed by atoms with Crippen LogP contribution in [-0.2, 0) is 6.42 Å². The van der Waals surface area contributed by atoms with Crippen molar-refractivity contribution in [2.45, 2.75) is 13.3 Å². The van der Waals surface area contributed by atoms with Crippen LogP contribution in [0.5, 0.6) is 11.5 Å². The molecule has 3 N–H and O–H groups in total. The number of nitrogens with zero attached hydrogens (tertiary/aromatic N) is 2. The van der Waals surface area contributed by atoms with Gasteiger partial charge in [0.15, 0.2) is 0 Å². The van der Waals surface area contributed by atoms with Gasteiger partial charge in [0.25, 0.3) is 5.91 Å². The summed E-state index contributed by atoms with van der Waals surface area (Å²) in [5, 5.41) is 30.2. The van der Waals surface area contributed by atoms with Crippen LogP contribution in [0.4, 0.5) is 5.13 Å². The van der Waals surface area contributed by atoms with Crippen molar-refractivity contribution in [3.05, 3.63) is 28.8 Å². The average molecular weight is 265 g/mol. The zero-order chi connectivity index (χ0) is 13.1. The fraction of sp³-hybridized carbons (Fsp3) is 0.182. The number of aromatic nitrogens is 2. The predicted molar refractivity (Wildman–Crippen MR) is 67.0 cm³/mol. The molecule has 0 radical (unpaired) electrons. The molecule has 0 aliphatic carbocycles. The molecule has 94 valence electrons. The maximum absolute atomic E-state index is 11.8. The number of carbonyl (C=O) groups is 1. The normalized spacial score (nSPS) is 10.3. The van der Waals surface area contributed by atoms with Crippen molar-refractivity contribution in [2.24, 2.45) is 0 Å². The van der Waals surface area contributed by atoms with E-state index in [4.69, 9.17) is 0 Å². The lowest BCUT2D eigenvalue weighted by Gasteiger charge is -2.04. The molecule has 0 spiro atoms. The molecule has 0 aliphatic heterocycles. The topological polar surface area (TPSA) is 95.3 Å². The van der Waals surface area contributed by atoms with Crippen molar-refractivity contribution in [2.75, 3.05) is 5.32 Å². The van der Waals surface area contributed by atoms with Crippen LogP contribution < -0.4 is 5.32 Å². The molecule has 0 unspecified atom stereocenters. The highest BCUT2D eigenvalue weighted by Gasteiger charge is 2.14. The molecule has 1 amide bonds. The number of phenols is 2. The van der Waals surface area contributed by atoms with E-state index >= 15 is 0 Å². The second-order valence-electron chi connectivity index (χ2n) is 3.51. The monoisotopic (exact) mass is 265 g/mol. The summed E-state index contributed by atoms with van der Waals surface area (Å²) in [6.07, 6.45) is 0.741. The van der Waals surface area contributed by atoms with Gasteiger partial charge in [0.1, 0.15) is 16.5 Å². The van der Waals surface area contributed by atoms with E-state index in [0.717, 1.165) is 11.4 Å². The summed E-state index contributed by atoms with van der Waals surface area (Å²) in [5.41, 5.74) is -0.0109. The molecule has 2 aromatic rings. The van der Waals surface area contributed by atoms with E-state index in [1.807, 2.05) is 6.92 Å². The molecule has 0 fully saturated rings. The standard InChI is InChI=1S/C11H11N3O3S/c1-2-9-13-14-11(18-9)12-10(17)7-5-6(15)3-4-8(7)16/h3-5,15-16H,2H2,1H3,(H,12,14,17). The molecule has 0 bridgehead atoms. The van der Waals surface area contributed by atoms with Gasteiger partial charge in [0, 0.05) is 0 Å². The lowest BCUT2D eigenvalue weighted by atomic mass is 10.2. The van der Waals surface area contributed by atoms with E-state index in [-0.39, 0.29) is 17.1 Å². The van der Waals surface area contributed by atoms with Crippen LogP contribution in [0.2, 0.25) is 0 Å². The highest BCUT2D eigenvalue weighted by atomic mass is 32.1. The minimum Gasteiger partial charge on any atom is -0.508 e. The van der Waals surface area contributed by atoms with Crippen molar-refractivity contribution in [1.29, 1.82) is 0 Å². The molecule has 0 aliphatic rings. The van der Waals surface area contributed by atoms with E-state index in [1.54, 1.807) is 0 Å². The van der Waals surface area contributed by atoms with Gasteiger partial charge in [-0.15, -0.1) is 10.2 Å².